The van der Waals surface area contributed by atoms with Crippen molar-refractivity contribution in [3.05, 3.63) is 28.2 Å². The molecule has 6 nitrogen and oxygen atoms in total. The predicted octanol–water partition coefficient (Wildman–Crippen LogP) is 2.45. The minimum atomic E-state index is -1.06. The third-order valence-electron chi connectivity index (χ3n) is 2.97. The van der Waals surface area contributed by atoms with Gasteiger partial charge in [0.15, 0.2) is 0 Å². The summed E-state index contributed by atoms with van der Waals surface area (Å²) in [5, 5.41) is 14.3. The van der Waals surface area contributed by atoms with Gasteiger partial charge in [-0.2, -0.15) is 0 Å². The first kappa shape index (κ1) is 14.8. The highest BCUT2D eigenvalue weighted by atomic mass is 79.9. The topological polar surface area (TPSA) is 87.7 Å². The largest absolute Gasteiger partial charge is 0.478 e. The molecular weight excluding hydrogens is 328 g/mol. The number of carboxylic acids is 1. The molecule has 1 fully saturated rings. The molecule has 2 rings (SSSR count). The minimum Gasteiger partial charge on any atom is -0.478 e. The first-order chi connectivity index (χ1) is 9.56. The van der Waals surface area contributed by atoms with Crippen LogP contribution in [0.5, 0.6) is 0 Å². The number of benzene rings is 1. The smallest absolute Gasteiger partial charge is 0.336 e. The molecule has 1 heterocycles. The van der Waals surface area contributed by atoms with E-state index in [4.69, 9.17) is 9.84 Å². The predicted molar refractivity (Wildman–Crippen MR) is 77.1 cm³/mol. The van der Waals surface area contributed by atoms with E-state index in [0.29, 0.717) is 16.7 Å². The number of anilines is 1. The zero-order chi connectivity index (χ0) is 14.5. The molecule has 7 heteroatoms. The number of carboxylic acid groups (broad SMARTS) is 1. The van der Waals surface area contributed by atoms with Gasteiger partial charge < -0.3 is 20.5 Å². The Morgan fingerprint density at radius 3 is 2.90 bits per heavy atom. The van der Waals surface area contributed by atoms with E-state index in [0.717, 1.165) is 19.4 Å². The maximum Gasteiger partial charge on any atom is 0.336 e. The van der Waals surface area contributed by atoms with Crippen LogP contribution in [0.3, 0.4) is 0 Å². The summed E-state index contributed by atoms with van der Waals surface area (Å²) in [6.45, 7) is 1.19. The second-order valence-corrected chi connectivity index (χ2v) is 5.32. The van der Waals surface area contributed by atoms with E-state index < -0.39 is 5.97 Å². The number of aromatic carboxylic acids is 1. The fourth-order valence-corrected chi connectivity index (χ4v) is 2.37. The van der Waals surface area contributed by atoms with Crippen LogP contribution in [0, 0.1) is 0 Å². The lowest BCUT2D eigenvalue weighted by molar-refractivity contribution is 0.0696. The molecule has 1 atom stereocenters. The highest BCUT2D eigenvalue weighted by Crippen LogP contribution is 2.21. The molecule has 1 aromatic rings. The van der Waals surface area contributed by atoms with Gasteiger partial charge in [0.25, 0.3) is 0 Å². The molecule has 0 aromatic heterocycles. The number of ether oxygens (including phenoxy) is 1. The summed E-state index contributed by atoms with van der Waals surface area (Å²) in [5.74, 6) is -1.06. The number of rotatable bonds is 4. The number of hydrogen-bond donors (Lipinski definition) is 3. The molecule has 0 bridgehead atoms. The number of nitrogens with one attached hydrogen (secondary N) is 2. The van der Waals surface area contributed by atoms with Gasteiger partial charge in [0.1, 0.15) is 0 Å². The highest BCUT2D eigenvalue weighted by Gasteiger charge is 2.16. The Morgan fingerprint density at radius 2 is 2.25 bits per heavy atom. The van der Waals surface area contributed by atoms with Crippen molar-refractivity contribution in [2.24, 2.45) is 0 Å². The third kappa shape index (κ3) is 3.94. The zero-order valence-corrected chi connectivity index (χ0v) is 12.3. The summed E-state index contributed by atoms with van der Waals surface area (Å²) in [4.78, 5) is 22.7. The summed E-state index contributed by atoms with van der Waals surface area (Å²) >= 11 is 3.15. The normalized spacial score (nSPS) is 17.8. The fourth-order valence-electron chi connectivity index (χ4n) is 1.95. The molecule has 2 amide bonds. The lowest BCUT2D eigenvalue weighted by Crippen LogP contribution is -2.35. The Hall–Kier alpha value is -1.60. The van der Waals surface area contributed by atoms with E-state index in [9.17, 15) is 9.59 Å². The van der Waals surface area contributed by atoms with Crippen molar-refractivity contribution in [1.82, 2.24) is 5.32 Å². The Bertz CT molecular complexity index is 515. The molecule has 0 saturated carbocycles. The molecule has 0 radical (unpaired) electrons. The standard InChI is InChI=1S/C13H15BrN2O4/c14-11-4-3-8(6-10(11)12(17)18)16-13(19)15-7-9-2-1-5-20-9/h3-4,6,9H,1-2,5,7H2,(H,17,18)(H2,15,16,19). The van der Waals surface area contributed by atoms with Crippen LogP contribution in [0.1, 0.15) is 23.2 Å². The molecule has 1 aliphatic rings. The SMILES string of the molecule is O=C(NCC1CCCO1)Nc1ccc(Br)c(C(=O)O)c1. The van der Waals surface area contributed by atoms with Crippen LogP contribution < -0.4 is 10.6 Å². The van der Waals surface area contributed by atoms with Gasteiger partial charge in [0.2, 0.25) is 0 Å². The molecular formula is C13H15BrN2O4. The van der Waals surface area contributed by atoms with E-state index in [1.54, 1.807) is 12.1 Å². The average molecular weight is 343 g/mol. The van der Waals surface area contributed by atoms with Crippen molar-refractivity contribution in [1.29, 1.82) is 0 Å². The van der Waals surface area contributed by atoms with Crippen LogP contribution in [0.25, 0.3) is 0 Å². The van der Waals surface area contributed by atoms with Crippen LogP contribution in [0.2, 0.25) is 0 Å². The van der Waals surface area contributed by atoms with Crippen molar-refractivity contribution in [3.63, 3.8) is 0 Å². The van der Waals surface area contributed by atoms with Gasteiger partial charge in [-0.05, 0) is 47.0 Å². The number of carbonyl (C=O) groups excluding carboxylic acids is 1. The van der Waals surface area contributed by atoms with Crippen LogP contribution in [0.15, 0.2) is 22.7 Å². The molecule has 1 aromatic carbocycles. The Morgan fingerprint density at radius 1 is 1.45 bits per heavy atom. The number of hydrogen-bond acceptors (Lipinski definition) is 3. The second-order valence-electron chi connectivity index (χ2n) is 4.47. The first-order valence-electron chi connectivity index (χ1n) is 6.25. The van der Waals surface area contributed by atoms with Crippen LogP contribution in [0.4, 0.5) is 10.5 Å². The number of carbonyl (C=O) groups is 2. The van der Waals surface area contributed by atoms with E-state index >= 15 is 0 Å². The maximum atomic E-state index is 11.7. The van der Waals surface area contributed by atoms with Crippen molar-refractivity contribution in [2.75, 3.05) is 18.5 Å². The van der Waals surface area contributed by atoms with Crippen LogP contribution in [-0.2, 0) is 4.74 Å². The highest BCUT2D eigenvalue weighted by molar-refractivity contribution is 9.10. The molecule has 3 N–H and O–H groups in total. The fraction of sp³-hybridized carbons (Fsp3) is 0.385. The molecule has 1 unspecified atom stereocenters. The van der Waals surface area contributed by atoms with Gasteiger partial charge in [-0.15, -0.1) is 0 Å². The van der Waals surface area contributed by atoms with E-state index in [-0.39, 0.29) is 17.7 Å². The molecule has 0 spiro atoms. The molecule has 1 aliphatic heterocycles. The summed E-state index contributed by atoms with van der Waals surface area (Å²) in [6, 6.07) is 4.23. The quantitative estimate of drug-likeness (QED) is 0.784. The van der Waals surface area contributed by atoms with E-state index in [2.05, 4.69) is 26.6 Å². The maximum absolute atomic E-state index is 11.7. The molecule has 0 aliphatic carbocycles. The Labute approximate surface area is 124 Å². The van der Waals surface area contributed by atoms with Crippen LogP contribution >= 0.6 is 15.9 Å². The first-order valence-corrected chi connectivity index (χ1v) is 7.05. The van der Waals surface area contributed by atoms with Crippen molar-refractivity contribution in [3.8, 4) is 0 Å². The average Bonchev–Trinajstić information content (AvgIpc) is 2.91. The third-order valence-corrected chi connectivity index (χ3v) is 3.66. The van der Waals surface area contributed by atoms with Crippen molar-refractivity contribution < 1.29 is 19.4 Å². The minimum absolute atomic E-state index is 0.0697. The van der Waals surface area contributed by atoms with Crippen molar-refractivity contribution in [2.45, 2.75) is 18.9 Å². The van der Waals surface area contributed by atoms with Gasteiger partial charge >= 0.3 is 12.0 Å². The zero-order valence-electron chi connectivity index (χ0n) is 10.7. The van der Waals surface area contributed by atoms with Gasteiger partial charge in [-0.3, -0.25) is 0 Å². The Balaban J connectivity index is 1.90. The van der Waals surface area contributed by atoms with Gasteiger partial charge in [-0.25, -0.2) is 9.59 Å². The van der Waals surface area contributed by atoms with Gasteiger partial charge in [0.05, 0.1) is 11.7 Å². The lowest BCUT2D eigenvalue weighted by atomic mass is 10.2. The van der Waals surface area contributed by atoms with Gasteiger partial charge in [-0.1, -0.05) is 0 Å². The summed E-state index contributed by atoms with van der Waals surface area (Å²) in [7, 11) is 0. The van der Waals surface area contributed by atoms with Crippen molar-refractivity contribution >= 4 is 33.6 Å². The van der Waals surface area contributed by atoms with Gasteiger partial charge in [0, 0.05) is 23.3 Å². The second kappa shape index (κ2) is 6.71. The number of halogens is 1. The molecule has 20 heavy (non-hydrogen) atoms. The molecule has 108 valence electrons. The van der Waals surface area contributed by atoms with Crippen LogP contribution in [-0.4, -0.2) is 36.4 Å². The summed E-state index contributed by atoms with van der Waals surface area (Å²) < 4.78 is 5.86. The molecule has 1 saturated heterocycles. The van der Waals surface area contributed by atoms with E-state index in [1.165, 1.54) is 6.07 Å². The Kier molecular flexibility index (Phi) is 4.97. The number of amides is 2. The summed E-state index contributed by atoms with van der Waals surface area (Å²) in [6.07, 6.45) is 2.03. The lowest BCUT2D eigenvalue weighted by Gasteiger charge is -2.12. The number of urea groups is 1. The van der Waals surface area contributed by atoms with E-state index in [1.807, 2.05) is 0 Å². The monoisotopic (exact) mass is 342 g/mol. The summed E-state index contributed by atoms with van der Waals surface area (Å²) in [5.41, 5.74) is 0.525.